The highest BCUT2D eigenvalue weighted by atomic mass is 35.5. The Balaban J connectivity index is 1.99. The van der Waals surface area contributed by atoms with Gasteiger partial charge in [0.05, 0.1) is 0 Å². The average Bonchev–Trinajstić information content (AvgIpc) is 2.96. The Morgan fingerprint density at radius 2 is 2.00 bits per heavy atom. The van der Waals surface area contributed by atoms with Crippen LogP contribution in [0.2, 0.25) is 5.02 Å². The fourth-order valence-corrected chi connectivity index (χ4v) is 2.94. The van der Waals surface area contributed by atoms with Crippen molar-refractivity contribution in [2.45, 2.75) is 39.3 Å². The largest absolute Gasteiger partial charge is 0.373 e. The first kappa shape index (κ1) is 16.6. The van der Waals surface area contributed by atoms with Crippen molar-refractivity contribution in [1.29, 1.82) is 0 Å². The summed E-state index contributed by atoms with van der Waals surface area (Å²) in [4.78, 5) is 4.88. The van der Waals surface area contributed by atoms with Gasteiger partial charge in [0, 0.05) is 43.4 Å². The van der Waals surface area contributed by atoms with Gasteiger partial charge in [-0.25, -0.2) is 0 Å². The van der Waals surface area contributed by atoms with Crippen molar-refractivity contribution in [3.8, 4) is 0 Å². The zero-order valence-electron chi connectivity index (χ0n) is 13.5. The van der Waals surface area contributed by atoms with Gasteiger partial charge in [0.1, 0.15) is 0 Å². The molecule has 1 heterocycles. The summed E-state index contributed by atoms with van der Waals surface area (Å²) >= 11 is 6.19. The molecule has 1 saturated heterocycles. The highest BCUT2D eigenvalue weighted by Crippen LogP contribution is 2.24. The van der Waals surface area contributed by atoms with Crippen LogP contribution in [0.5, 0.6) is 0 Å². The minimum absolute atomic E-state index is 0.489. The zero-order valence-corrected chi connectivity index (χ0v) is 14.3. The summed E-state index contributed by atoms with van der Waals surface area (Å²) in [6, 6.07) is 6.70. The molecular weight excluding hydrogens is 282 g/mol. The molecule has 0 aliphatic carbocycles. The molecule has 1 aliphatic rings. The molecule has 0 bridgehead atoms. The average molecular weight is 310 g/mol. The SMILES string of the molecule is CC(C)NCc1ccc(Cl)cc1N(C)CCN1CCCC1. The van der Waals surface area contributed by atoms with E-state index in [0.717, 1.165) is 24.7 Å². The van der Waals surface area contributed by atoms with Gasteiger partial charge in [-0.15, -0.1) is 0 Å². The number of nitrogens with one attached hydrogen (secondary N) is 1. The first-order chi connectivity index (χ1) is 10.1. The summed E-state index contributed by atoms with van der Waals surface area (Å²) in [7, 11) is 2.17. The number of hydrogen-bond donors (Lipinski definition) is 1. The normalized spacial score (nSPS) is 15.9. The number of rotatable bonds is 7. The number of likely N-dealkylation sites (N-methyl/N-ethyl adjacent to an activating group) is 1. The molecule has 4 heteroatoms. The summed E-state index contributed by atoms with van der Waals surface area (Å²) < 4.78 is 0. The maximum Gasteiger partial charge on any atom is 0.0426 e. The lowest BCUT2D eigenvalue weighted by atomic mass is 10.1. The highest BCUT2D eigenvalue weighted by Gasteiger charge is 2.14. The van der Waals surface area contributed by atoms with Crippen molar-refractivity contribution < 1.29 is 0 Å². The van der Waals surface area contributed by atoms with Crippen LogP contribution in [0.15, 0.2) is 18.2 Å². The standard InChI is InChI=1S/C17H28ClN3/c1-14(2)19-13-15-6-7-16(18)12-17(15)20(3)10-11-21-8-4-5-9-21/h6-7,12,14,19H,4-5,8-11,13H2,1-3H3. The Bertz CT molecular complexity index is 442. The van der Waals surface area contributed by atoms with Gasteiger partial charge in [-0.2, -0.15) is 0 Å². The highest BCUT2D eigenvalue weighted by molar-refractivity contribution is 6.30. The van der Waals surface area contributed by atoms with Crippen LogP contribution in [0.25, 0.3) is 0 Å². The van der Waals surface area contributed by atoms with Crippen molar-refractivity contribution in [2.24, 2.45) is 0 Å². The van der Waals surface area contributed by atoms with E-state index in [1.807, 2.05) is 6.07 Å². The quantitative estimate of drug-likeness (QED) is 0.833. The van der Waals surface area contributed by atoms with Gasteiger partial charge in [-0.3, -0.25) is 0 Å². The lowest BCUT2D eigenvalue weighted by Crippen LogP contribution is -2.32. The maximum absolute atomic E-state index is 6.19. The third-order valence-electron chi connectivity index (χ3n) is 4.11. The van der Waals surface area contributed by atoms with Crippen molar-refractivity contribution >= 4 is 17.3 Å². The van der Waals surface area contributed by atoms with Crippen LogP contribution in [-0.4, -0.2) is 44.2 Å². The summed E-state index contributed by atoms with van der Waals surface area (Å²) in [5.74, 6) is 0. The molecule has 0 radical (unpaired) electrons. The number of halogens is 1. The van der Waals surface area contributed by atoms with E-state index >= 15 is 0 Å². The van der Waals surface area contributed by atoms with E-state index in [9.17, 15) is 0 Å². The molecular formula is C17H28ClN3. The Hall–Kier alpha value is -0.770. The second-order valence-electron chi connectivity index (χ2n) is 6.28. The molecule has 1 aliphatic heterocycles. The molecule has 3 nitrogen and oxygen atoms in total. The second kappa shape index (κ2) is 8.02. The molecule has 1 fully saturated rings. The molecule has 0 spiro atoms. The first-order valence-corrected chi connectivity index (χ1v) is 8.39. The minimum Gasteiger partial charge on any atom is -0.373 e. The van der Waals surface area contributed by atoms with Crippen LogP contribution in [-0.2, 0) is 6.54 Å². The molecule has 0 atom stereocenters. The number of nitrogens with zero attached hydrogens (tertiary/aromatic N) is 2. The number of hydrogen-bond acceptors (Lipinski definition) is 3. The Labute approximate surface area is 134 Å². The predicted octanol–water partition coefficient (Wildman–Crippen LogP) is 3.37. The molecule has 0 unspecified atom stereocenters. The Kier molecular flexibility index (Phi) is 6.34. The van der Waals surface area contributed by atoms with Crippen LogP contribution in [0.3, 0.4) is 0 Å². The van der Waals surface area contributed by atoms with E-state index in [0.29, 0.717) is 6.04 Å². The van der Waals surface area contributed by atoms with Crippen LogP contribution >= 0.6 is 11.6 Å². The summed E-state index contributed by atoms with van der Waals surface area (Å²) in [6.45, 7) is 9.93. The van der Waals surface area contributed by atoms with Crippen molar-refractivity contribution in [1.82, 2.24) is 10.2 Å². The van der Waals surface area contributed by atoms with Crippen molar-refractivity contribution in [3.63, 3.8) is 0 Å². The maximum atomic E-state index is 6.19. The molecule has 1 N–H and O–H groups in total. The second-order valence-corrected chi connectivity index (χ2v) is 6.72. The fraction of sp³-hybridized carbons (Fsp3) is 0.647. The molecule has 0 amide bonds. The summed E-state index contributed by atoms with van der Waals surface area (Å²) in [6.07, 6.45) is 2.70. The van der Waals surface area contributed by atoms with Gasteiger partial charge in [0.25, 0.3) is 0 Å². The van der Waals surface area contributed by atoms with E-state index in [2.05, 4.69) is 48.1 Å². The zero-order chi connectivity index (χ0) is 15.2. The monoisotopic (exact) mass is 309 g/mol. The van der Waals surface area contributed by atoms with Gasteiger partial charge >= 0.3 is 0 Å². The topological polar surface area (TPSA) is 18.5 Å². The third-order valence-corrected chi connectivity index (χ3v) is 4.34. The van der Waals surface area contributed by atoms with Gasteiger partial charge < -0.3 is 15.1 Å². The molecule has 21 heavy (non-hydrogen) atoms. The van der Waals surface area contributed by atoms with Crippen molar-refractivity contribution in [2.75, 3.05) is 38.1 Å². The predicted molar refractivity (Wildman–Crippen MR) is 92.4 cm³/mol. The van der Waals surface area contributed by atoms with Crippen molar-refractivity contribution in [3.05, 3.63) is 28.8 Å². The van der Waals surface area contributed by atoms with Crippen LogP contribution in [0.4, 0.5) is 5.69 Å². The molecule has 2 rings (SSSR count). The van der Waals surface area contributed by atoms with E-state index in [1.165, 1.54) is 37.2 Å². The Morgan fingerprint density at radius 1 is 1.29 bits per heavy atom. The third kappa shape index (κ3) is 5.17. The van der Waals surface area contributed by atoms with E-state index in [-0.39, 0.29) is 0 Å². The van der Waals surface area contributed by atoms with E-state index < -0.39 is 0 Å². The van der Waals surface area contributed by atoms with Crippen LogP contribution in [0, 0.1) is 0 Å². The van der Waals surface area contributed by atoms with Gasteiger partial charge in [-0.1, -0.05) is 31.5 Å². The number of likely N-dealkylation sites (tertiary alicyclic amines) is 1. The van der Waals surface area contributed by atoms with Crippen LogP contribution in [0.1, 0.15) is 32.3 Å². The first-order valence-electron chi connectivity index (χ1n) is 8.01. The smallest absolute Gasteiger partial charge is 0.0426 e. The number of anilines is 1. The number of benzene rings is 1. The van der Waals surface area contributed by atoms with Gasteiger partial charge in [-0.05, 0) is 43.6 Å². The summed E-state index contributed by atoms with van der Waals surface area (Å²) in [5, 5.41) is 4.30. The minimum atomic E-state index is 0.489. The lowest BCUT2D eigenvalue weighted by Gasteiger charge is -2.26. The van der Waals surface area contributed by atoms with Crippen LogP contribution < -0.4 is 10.2 Å². The molecule has 1 aromatic carbocycles. The Morgan fingerprint density at radius 3 is 2.67 bits per heavy atom. The van der Waals surface area contributed by atoms with Gasteiger partial charge in [0.15, 0.2) is 0 Å². The fourth-order valence-electron chi connectivity index (χ4n) is 2.77. The molecule has 118 valence electrons. The molecule has 0 aromatic heterocycles. The van der Waals surface area contributed by atoms with E-state index in [4.69, 9.17) is 11.6 Å². The van der Waals surface area contributed by atoms with E-state index in [1.54, 1.807) is 0 Å². The van der Waals surface area contributed by atoms with Gasteiger partial charge in [0.2, 0.25) is 0 Å². The molecule has 0 saturated carbocycles. The lowest BCUT2D eigenvalue weighted by molar-refractivity contribution is 0.346. The molecule has 1 aromatic rings. The summed E-state index contributed by atoms with van der Waals surface area (Å²) in [5.41, 5.74) is 2.56.